The van der Waals surface area contributed by atoms with Crippen LogP contribution in [0.3, 0.4) is 0 Å². The van der Waals surface area contributed by atoms with E-state index in [4.69, 9.17) is 5.73 Å². The van der Waals surface area contributed by atoms with Gasteiger partial charge in [0.15, 0.2) is 0 Å². The Balaban J connectivity index is 1.60. The van der Waals surface area contributed by atoms with Crippen LogP contribution in [0.1, 0.15) is 70.0 Å². The average molecular weight is 443 g/mol. The Bertz CT molecular complexity index is 884. The Morgan fingerprint density at radius 2 is 2.10 bits per heavy atom. The molecule has 3 aliphatic rings. The van der Waals surface area contributed by atoms with Crippen LogP contribution >= 0.6 is 11.8 Å². The van der Waals surface area contributed by atoms with E-state index < -0.39 is 12.1 Å². The van der Waals surface area contributed by atoms with Gasteiger partial charge in [0.25, 0.3) is 0 Å². The van der Waals surface area contributed by atoms with E-state index in [-0.39, 0.29) is 28.6 Å². The summed E-state index contributed by atoms with van der Waals surface area (Å²) < 4.78 is 0. The first kappa shape index (κ1) is 22.2. The fourth-order valence-electron chi connectivity index (χ4n) is 5.27. The first-order valence-corrected chi connectivity index (χ1v) is 12.5. The summed E-state index contributed by atoms with van der Waals surface area (Å²) in [5, 5.41) is 3.32. The van der Waals surface area contributed by atoms with Crippen molar-refractivity contribution < 1.29 is 9.59 Å². The molecule has 0 spiro atoms. The number of rotatable bonds is 4. The number of hydrogen-bond donors (Lipinski definition) is 2. The quantitative estimate of drug-likeness (QED) is 0.553. The minimum absolute atomic E-state index is 0.00610. The molecular weight excluding hydrogens is 408 g/mol. The zero-order valence-corrected chi connectivity index (χ0v) is 19.6. The van der Waals surface area contributed by atoms with Crippen LogP contribution in [0.4, 0.5) is 0 Å². The molecule has 4 rings (SSSR count). The van der Waals surface area contributed by atoms with E-state index in [9.17, 15) is 9.59 Å². The van der Waals surface area contributed by atoms with Crippen LogP contribution in [0.15, 0.2) is 29.3 Å². The standard InChI is InChI=1S/C24H34N4O2S/c1-4-19(25)26-18-12-13-31-20-14-24(2,3)21(28(20)23(18)30)22(29)27-17-11-7-9-15-8-5-6-10-16(15)17/h5-6,8,10,17-18,20-21H,4,7,9,11-14H2,1-3H3,(H2,25,26)(H,27,29)/t17-,18+,20?,21-/m1/s1. The van der Waals surface area contributed by atoms with Gasteiger partial charge in [-0.2, -0.15) is 0 Å². The molecule has 31 heavy (non-hydrogen) atoms. The van der Waals surface area contributed by atoms with Crippen LogP contribution in [0.25, 0.3) is 0 Å². The summed E-state index contributed by atoms with van der Waals surface area (Å²) in [6.07, 6.45) is 5.15. The molecule has 2 amide bonds. The Morgan fingerprint density at radius 3 is 2.87 bits per heavy atom. The number of hydrogen-bond acceptors (Lipinski definition) is 4. The number of nitrogens with two attached hydrogens (primary N) is 1. The summed E-state index contributed by atoms with van der Waals surface area (Å²) in [6, 6.07) is 7.39. The van der Waals surface area contributed by atoms with Gasteiger partial charge in [0.1, 0.15) is 12.1 Å². The zero-order chi connectivity index (χ0) is 22.2. The lowest BCUT2D eigenvalue weighted by atomic mass is 9.83. The van der Waals surface area contributed by atoms with E-state index in [0.29, 0.717) is 18.7 Å². The molecule has 1 aromatic carbocycles. The summed E-state index contributed by atoms with van der Waals surface area (Å²) in [7, 11) is 0. The molecule has 0 aromatic heterocycles. The number of nitrogens with one attached hydrogen (secondary N) is 1. The molecule has 7 heteroatoms. The number of amidine groups is 1. The van der Waals surface area contributed by atoms with Crippen LogP contribution in [-0.2, 0) is 16.0 Å². The lowest BCUT2D eigenvalue weighted by Gasteiger charge is -2.35. The van der Waals surface area contributed by atoms with Crippen LogP contribution in [-0.4, -0.2) is 45.8 Å². The molecule has 2 fully saturated rings. The Hall–Kier alpha value is -2.02. The summed E-state index contributed by atoms with van der Waals surface area (Å²) in [5.74, 6) is 1.25. The summed E-state index contributed by atoms with van der Waals surface area (Å²) in [6.45, 7) is 6.15. The van der Waals surface area contributed by atoms with Gasteiger partial charge in [-0.1, -0.05) is 45.0 Å². The largest absolute Gasteiger partial charge is 0.387 e. The van der Waals surface area contributed by atoms with Gasteiger partial charge < -0.3 is 16.0 Å². The molecule has 1 aliphatic carbocycles. The Labute approximate surface area is 189 Å². The molecule has 4 atom stereocenters. The third-order valence-electron chi connectivity index (χ3n) is 6.89. The number of carbonyl (C=O) groups excluding carboxylic acids is 2. The fraction of sp³-hybridized carbons (Fsp3) is 0.625. The van der Waals surface area contributed by atoms with E-state index >= 15 is 0 Å². The lowest BCUT2D eigenvalue weighted by Crippen LogP contribution is -2.54. The van der Waals surface area contributed by atoms with Crippen molar-refractivity contribution in [3.05, 3.63) is 35.4 Å². The smallest absolute Gasteiger partial charge is 0.249 e. The lowest BCUT2D eigenvalue weighted by molar-refractivity contribution is -0.142. The van der Waals surface area contributed by atoms with Gasteiger partial charge in [-0.15, -0.1) is 11.8 Å². The van der Waals surface area contributed by atoms with Gasteiger partial charge in [0, 0.05) is 6.42 Å². The van der Waals surface area contributed by atoms with Crippen LogP contribution in [0.2, 0.25) is 0 Å². The highest BCUT2D eigenvalue weighted by Crippen LogP contribution is 2.47. The van der Waals surface area contributed by atoms with Crippen molar-refractivity contribution in [3.63, 3.8) is 0 Å². The van der Waals surface area contributed by atoms with Crippen LogP contribution in [0.5, 0.6) is 0 Å². The molecule has 3 N–H and O–H groups in total. The number of aryl methyl sites for hydroxylation is 1. The van der Waals surface area contributed by atoms with Crippen molar-refractivity contribution >= 4 is 29.4 Å². The zero-order valence-electron chi connectivity index (χ0n) is 18.8. The van der Waals surface area contributed by atoms with Gasteiger partial charge >= 0.3 is 0 Å². The third-order valence-corrected chi connectivity index (χ3v) is 8.14. The first-order chi connectivity index (χ1) is 14.8. The normalized spacial score (nSPS) is 30.4. The number of thioether (sulfide) groups is 1. The number of nitrogens with zero attached hydrogens (tertiary/aromatic N) is 2. The minimum Gasteiger partial charge on any atom is -0.387 e. The summed E-state index contributed by atoms with van der Waals surface area (Å²) in [4.78, 5) is 33.5. The molecule has 168 valence electrons. The van der Waals surface area contributed by atoms with Gasteiger partial charge in [-0.25, -0.2) is 0 Å². The molecule has 2 saturated heterocycles. The van der Waals surface area contributed by atoms with Crippen molar-refractivity contribution in [1.29, 1.82) is 0 Å². The predicted octanol–water partition coefficient (Wildman–Crippen LogP) is 3.41. The second-order valence-electron chi connectivity index (χ2n) is 9.60. The second kappa shape index (κ2) is 8.85. The van der Waals surface area contributed by atoms with Crippen LogP contribution < -0.4 is 11.1 Å². The van der Waals surface area contributed by atoms with E-state index in [1.807, 2.05) is 17.9 Å². The highest BCUT2D eigenvalue weighted by atomic mass is 32.2. The number of benzene rings is 1. The molecular formula is C24H34N4O2S. The average Bonchev–Trinajstić information content (AvgIpc) is 2.94. The SMILES string of the molecule is CCC(N)=N[C@H]1CCSC2CC(C)(C)[C@@H](C(=O)N[C@@H]3CCCc4ccccc43)N2C1=O. The second-order valence-corrected chi connectivity index (χ2v) is 10.9. The molecule has 0 radical (unpaired) electrons. The number of carbonyl (C=O) groups is 2. The van der Waals surface area contributed by atoms with E-state index in [1.54, 1.807) is 11.8 Å². The molecule has 0 bridgehead atoms. The summed E-state index contributed by atoms with van der Waals surface area (Å²) in [5.41, 5.74) is 8.19. The monoisotopic (exact) mass is 442 g/mol. The van der Waals surface area contributed by atoms with Crippen molar-refractivity contribution in [1.82, 2.24) is 10.2 Å². The molecule has 2 aliphatic heterocycles. The maximum Gasteiger partial charge on any atom is 0.249 e. The van der Waals surface area contributed by atoms with Crippen molar-refractivity contribution in [2.45, 2.75) is 82.8 Å². The van der Waals surface area contributed by atoms with E-state index in [1.165, 1.54) is 11.1 Å². The Kier molecular flexibility index (Phi) is 6.33. The highest BCUT2D eigenvalue weighted by Gasteiger charge is 2.54. The number of aliphatic imine (C=N–C) groups is 1. The van der Waals surface area contributed by atoms with Crippen molar-refractivity contribution in [2.75, 3.05) is 5.75 Å². The van der Waals surface area contributed by atoms with Crippen LogP contribution in [0, 0.1) is 5.41 Å². The van der Waals surface area contributed by atoms with Gasteiger partial charge in [0.2, 0.25) is 11.8 Å². The molecule has 2 heterocycles. The molecule has 0 saturated carbocycles. The Morgan fingerprint density at radius 1 is 1.32 bits per heavy atom. The van der Waals surface area contributed by atoms with Crippen molar-refractivity contribution in [2.24, 2.45) is 16.1 Å². The topological polar surface area (TPSA) is 87.8 Å². The predicted molar refractivity (Wildman–Crippen MR) is 126 cm³/mol. The number of fused-ring (bicyclic) bond motifs is 2. The third kappa shape index (κ3) is 4.34. The maximum absolute atomic E-state index is 13.7. The van der Waals surface area contributed by atoms with Crippen molar-refractivity contribution in [3.8, 4) is 0 Å². The highest BCUT2D eigenvalue weighted by molar-refractivity contribution is 7.99. The van der Waals surface area contributed by atoms with Gasteiger partial charge in [-0.3, -0.25) is 14.6 Å². The maximum atomic E-state index is 13.7. The molecule has 6 nitrogen and oxygen atoms in total. The van der Waals surface area contributed by atoms with E-state index in [2.05, 4.69) is 42.4 Å². The molecule has 1 unspecified atom stereocenters. The van der Waals surface area contributed by atoms with Gasteiger partial charge in [0.05, 0.1) is 17.3 Å². The minimum atomic E-state index is -0.495. The van der Waals surface area contributed by atoms with Gasteiger partial charge in [-0.05, 0) is 54.4 Å². The first-order valence-electron chi connectivity index (χ1n) is 11.5. The summed E-state index contributed by atoms with van der Waals surface area (Å²) >= 11 is 1.77. The van der Waals surface area contributed by atoms with E-state index in [0.717, 1.165) is 31.4 Å². The molecule has 1 aromatic rings. The number of amides is 2. The fourth-order valence-corrected chi connectivity index (χ4v) is 6.83.